The molecule has 0 aromatic carbocycles. The van der Waals surface area contributed by atoms with Gasteiger partial charge >= 0.3 is 0 Å². The fourth-order valence-corrected chi connectivity index (χ4v) is 1.56. The first-order valence-corrected chi connectivity index (χ1v) is 5.76. The van der Waals surface area contributed by atoms with Gasteiger partial charge < -0.3 is 15.1 Å². The van der Waals surface area contributed by atoms with E-state index in [1.807, 2.05) is 13.8 Å². The Labute approximate surface area is 96.8 Å². The van der Waals surface area contributed by atoms with Gasteiger partial charge in [-0.05, 0) is 26.8 Å². The van der Waals surface area contributed by atoms with Crippen LogP contribution in [0.3, 0.4) is 0 Å². The summed E-state index contributed by atoms with van der Waals surface area (Å²) in [7, 11) is 1.77. The van der Waals surface area contributed by atoms with Crippen LogP contribution in [0.5, 0.6) is 0 Å². The first kappa shape index (κ1) is 13.0. The standard InChI is InChI=1S/C11H21N3O2/c1-9(2)13(3)11(16)8-14-6-4-5-12-7-10(14)15/h9,12H,4-8H2,1-3H3. The summed E-state index contributed by atoms with van der Waals surface area (Å²) in [5.41, 5.74) is 0. The third-order valence-corrected chi connectivity index (χ3v) is 2.90. The first-order valence-electron chi connectivity index (χ1n) is 5.76. The van der Waals surface area contributed by atoms with Crippen LogP contribution in [-0.4, -0.2) is 60.9 Å². The molecule has 0 aliphatic carbocycles. The molecule has 0 spiro atoms. The lowest BCUT2D eigenvalue weighted by atomic mass is 10.3. The Morgan fingerprint density at radius 2 is 2.25 bits per heavy atom. The molecule has 0 unspecified atom stereocenters. The molecule has 5 nitrogen and oxygen atoms in total. The fraction of sp³-hybridized carbons (Fsp3) is 0.818. The maximum Gasteiger partial charge on any atom is 0.242 e. The summed E-state index contributed by atoms with van der Waals surface area (Å²) in [4.78, 5) is 26.8. The topological polar surface area (TPSA) is 52.7 Å². The van der Waals surface area contributed by atoms with Crippen molar-refractivity contribution in [3.05, 3.63) is 0 Å². The molecule has 1 aliphatic heterocycles. The second kappa shape index (κ2) is 5.84. The summed E-state index contributed by atoms with van der Waals surface area (Å²) in [5, 5.41) is 3.04. The van der Waals surface area contributed by atoms with Crippen LogP contribution in [0.2, 0.25) is 0 Å². The van der Waals surface area contributed by atoms with E-state index in [4.69, 9.17) is 0 Å². The summed E-state index contributed by atoms with van der Waals surface area (Å²) >= 11 is 0. The number of likely N-dealkylation sites (N-methyl/N-ethyl adjacent to an activating group) is 1. The van der Waals surface area contributed by atoms with Gasteiger partial charge in [-0.15, -0.1) is 0 Å². The average Bonchev–Trinajstić information content (AvgIpc) is 2.43. The van der Waals surface area contributed by atoms with E-state index < -0.39 is 0 Å². The molecule has 1 heterocycles. The Morgan fingerprint density at radius 1 is 1.56 bits per heavy atom. The van der Waals surface area contributed by atoms with Crippen molar-refractivity contribution in [2.24, 2.45) is 0 Å². The third kappa shape index (κ3) is 3.48. The molecule has 1 aliphatic rings. The number of amides is 2. The van der Waals surface area contributed by atoms with Gasteiger partial charge in [-0.2, -0.15) is 0 Å². The molecule has 2 amide bonds. The van der Waals surface area contributed by atoms with Crippen molar-refractivity contribution in [1.29, 1.82) is 0 Å². The Hall–Kier alpha value is -1.10. The van der Waals surface area contributed by atoms with Gasteiger partial charge in [0, 0.05) is 19.6 Å². The normalized spacial score (nSPS) is 17.5. The number of carbonyl (C=O) groups is 2. The van der Waals surface area contributed by atoms with Gasteiger partial charge in [0.1, 0.15) is 0 Å². The molecule has 1 N–H and O–H groups in total. The zero-order chi connectivity index (χ0) is 12.1. The van der Waals surface area contributed by atoms with Gasteiger partial charge in [-0.3, -0.25) is 9.59 Å². The van der Waals surface area contributed by atoms with Gasteiger partial charge in [0.25, 0.3) is 0 Å². The highest BCUT2D eigenvalue weighted by Gasteiger charge is 2.21. The largest absolute Gasteiger partial charge is 0.342 e. The molecule has 0 bridgehead atoms. The van der Waals surface area contributed by atoms with E-state index in [0.717, 1.165) is 13.0 Å². The van der Waals surface area contributed by atoms with Crippen LogP contribution in [-0.2, 0) is 9.59 Å². The zero-order valence-corrected chi connectivity index (χ0v) is 10.3. The van der Waals surface area contributed by atoms with Crippen LogP contribution >= 0.6 is 0 Å². The van der Waals surface area contributed by atoms with E-state index in [-0.39, 0.29) is 24.4 Å². The van der Waals surface area contributed by atoms with E-state index in [2.05, 4.69) is 5.32 Å². The first-order chi connectivity index (χ1) is 7.52. The maximum absolute atomic E-state index is 11.8. The summed E-state index contributed by atoms with van der Waals surface area (Å²) in [6.07, 6.45) is 0.907. The van der Waals surface area contributed by atoms with E-state index in [1.165, 1.54) is 0 Å². The van der Waals surface area contributed by atoms with Crippen molar-refractivity contribution in [2.45, 2.75) is 26.3 Å². The number of carbonyl (C=O) groups excluding carboxylic acids is 2. The van der Waals surface area contributed by atoms with Crippen molar-refractivity contribution in [3.8, 4) is 0 Å². The highest BCUT2D eigenvalue weighted by Crippen LogP contribution is 2.01. The molecule has 5 heteroatoms. The quantitative estimate of drug-likeness (QED) is 0.718. The van der Waals surface area contributed by atoms with Crippen molar-refractivity contribution < 1.29 is 9.59 Å². The summed E-state index contributed by atoms with van der Waals surface area (Å²) in [6.45, 7) is 5.99. The molecule has 16 heavy (non-hydrogen) atoms. The number of hydrogen-bond acceptors (Lipinski definition) is 3. The molecular weight excluding hydrogens is 206 g/mol. The third-order valence-electron chi connectivity index (χ3n) is 2.90. The Morgan fingerprint density at radius 3 is 2.88 bits per heavy atom. The van der Waals surface area contributed by atoms with E-state index in [1.54, 1.807) is 16.8 Å². The molecule has 0 radical (unpaired) electrons. The van der Waals surface area contributed by atoms with E-state index in [0.29, 0.717) is 13.1 Å². The maximum atomic E-state index is 11.8. The van der Waals surface area contributed by atoms with Gasteiger partial charge in [-0.1, -0.05) is 0 Å². The molecule has 0 aromatic rings. The van der Waals surface area contributed by atoms with E-state index >= 15 is 0 Å². The van der Waals surface area contributed by atoms with Crippen LogP contribution in [0.1, 0.15) is 20.3 Å². The van der Waals surface area contributed by atoms with Crippen LogP contribution in [0.25, 0.3) is 0 Å². The number of nitrogens with zero attached hydrogens (tertiary/aromatic N) is 2. The lowest BCUT2D eigenvalue weighted by Gasteiger charge is -2.26. The molecule has 92 valence electrons. The Balaban J connectivity index is 2.51. The second-order valence-electron chi connectivity index (χ2n) is 4.44. The molecule has 0 aromatic heterocycles. The average molecular weight is 227 g/mol. The SMILES string of the molecule is CC(C)N(C)C(=O)CN1CCCNCC1=O. The summed E-state index contributed by atoms with van der Waals surface area (Å²) in [6, 6.07) is 0.174. The molecule has 1 fully saturated rings. The number of hydrogen-bond donors (Lipinski definition) is 1. The van der Waals surface area contributed by atoms with Crippen molar-refractivity contribution in [3.63, 3.8) is 0 Å². The minimum absolute atomic E-state index is 0.00486. The lowest BCUT2D eigenvalue weighted by molar-refractivity contribution is -0.139. The van der Waals surface area contributed by atoms with Crippen molar-refractivity contribution in [2.75, 3.05) is 33.2 Å². The second-order valence-corrected chi connectivity index (χ2v) is 4.44. The monoisotopic (exact) mass is 227 g/mol. The minimum Gasteiger partial charge on any atom is -0.342 e. The highest BCUT2D eigenvalue weighted by molar-refractivity contribution is 5.85. The van der Waals surface area contributed by atoms with E-state index in [9.17, 15) is 9.59 Å². The zero-order valence-electron chi connectivity index (χ0n) is 10.3. The predicted octanol–water partition coefficient (Wildman–Crippen LogP) is -0.325. The minimum atomic E-state index is 0.00486. The number of nitrogens with one attached hydrogen (secondary N) is 1. The van der Waals surface area contributed by atoms with Crippen molar-refractivity contribution >= 4 is 11.8 Å². The Kier molecular flexibility index (Phi) is 4.73. The van der Waals surface area contributed by atoms with Crippen LogP contribution in [0.4, 0.5) is 0 Å². The van der Waals surface area contributed by atoms with Crippen LogP contribution in [0, 0.1) is 0 Å². The van der Waals surface area contributed by atoms with Gasteiger partial charge in [0.15, 0.2) is 0 Å². The number of rotatable bonds is 3. The molecular formula is C11H21N3O2. The lowest BCUT2D eigenvalue weighted by Crippen LogP contribution is -2.44. The van der Waals surface area contributed by atoms with Crippen LogP contribution in [0.15, 0.2) is 0 Å². The highest BCUT2D eigenvalue weighted by atomic mass is 16.2. The Bertz CT molecular complexity index is 266. The molecule has 0 saturated carbocycles. The smallest absolute Gasteiger partial charge is 0.242 e. The fourth-order valence-electron chi connectivity index (χ4n) is 1.56. The summed E-state index contributed by atoms with van der Waals surface area (Å²) in [5.74, 6) is 0.0215. The predicted molar refractivity (Wildman–Crippen MR) is 62.0 cm³/mol. The van der Waals surface area contributed by atoms with Crippen molar-refractivity contribution in [1.82, 2.24) is 15.1 Å². The van der Waals surface area contributed by atoms with Gasteiger partial charge in [-0.25, -0.2) is 0 Å². The molecule has 1 saturated heterocycles. The van der Waals surface area contributed by atoms with Gasteiger partial charge in [0.05, 0.1) is 13.1 Å². The van der Waals surface area contributed by atoms with Crippen LogP contribution < -0.4 is 5.32 Å². The molecule has 0 atom stereocenters. The van der Waals surface area contributed by atoms with Gasteiger partial charge in [0.2, 0.25) is 11.8 Å². The summed E-state index contributed by atoms with van der Waals surface area (Å²) < 4.78 is 0. The molecule has 1 rings (SSSR count).